The lowest BCUT2D eigenvalue weighted by atomic mass is 9.99. The number of hydrogen-bond acceptors (Lipinski definition) is 4. The molecule has 2 amide bonds. The fraction of sp³-hybridized carbons (Fsp3) is 0.414. The van der Waals surface area contributed by atoms with Gasteiger partial charge in [0.15, 0.2) is 5.69 Å². The number of nitrogen functional groups attached to an aromatic ring is 1. The van der Waals surface area contributed by atoms with Gasteiger partial charge in [0.25, 0.3) is 11.8 Å². The summed E-state index contributed by atoms with van der Waals surface area (Å²) in [6.07, 6.45) is 4.63. The molecule has 0 unspecified atom stereocenters. The molecule has 8 heteroatoms. The number of aromatic nitrogens is 2. The molecule has 2 N–H and O–H groups in total. The van der Waals surface area contributed by atoms with Gasteiger partial charge in [-0.05, 0) is 55.5 Å². The number of carbonyl (C=O) groups excluding carboxylic acids is 2. The van der Waals surface area contributed by atoms with E-state index in [4.69, 9.17) is 17.3 Å². The zero-order chi connectivity index (χ0) is 26.5. The fourth-order valence-corrected chi connectivity index (χ4v) is 4.96. The summed E-state index contributed by atoms with van der Waals surface area (Å²) >= 11 is 6.69. The molecule has 1 aliphatic rings. The number of anilines is 1. The minimum absolute atomic E-state index is 0.122. The number of halogens is 1. The van der Waals surface area contributed by atoms with Gasteiger partial charge in [-0.2, -0.15) is 5.10 Å². The Kier molecular flexibility index (Phi) is 8.54. The average molecular weight is 522 g/mol. The molecular weight excluding hydrogens is 486 g/mol. The first-order valence-corrected chi connectivity index (χ1v) is 13.5. The summed E-state index contributed by atoms with van der Waals surface area (Å²) in [6.45, 7) is 8.52. The van der Waals surface area contributed by atoms with E-state index in [-0.39, 0.29) is 17.5 Å². The number of benzene rings is 2. The normalized spacial score (nSPS) is 12.9. The summed E-state index contributed by atoms with van der Waals surface area (Å²) < 4.78 is 1.61. The van der Waals surface area contributed by atoms with E-state index >= 15 is 0 Å². The predicted octanol–water partition coefficient (Wildman–Crippen LogP) is 5.66. The van der Waals surface area contributed by atoms with E-state index in [1.54, 1.807) is 22.9 Å². The van der Waals surface area contributed by atoms with Gasteiger partial charge in [-0.1, -0.05) is 62.6 Å². The maximum Gasteiger partial charge on any atom is 0.275 e. The third kappa shape index (κ3) is 5.67. The SMILES string of the molecule is CCCCN(CCCC)C(=O)c1nn(-c2ccc(N)cc2C(=O)N2CCc3ccccc3C2)c(C)c1Cl. The Labute approximate surface area is 224 Å². The monoisotopic (exact) mass is 521 g/mol. The van der Waals surface area contributed by atoms with E-state index in [1.165, 1.54) is 5.56 Å². The Morgan fingerprint density at radius 1 is 1.05 bits per heavy atom. The van der Waals surface area contributed by atoms with Crippen molar-refractivity contribution >= 4 is 29.1 Å². The largest absolute Gasteiger partial charge is 0.399 e. The summed E-state index contributed by atoms with van der Waals surface area (Å²) in [5, 5.41) is 4.96. The third-order valence-electron chi connectivity index (χ3n) is 6.99. The standard InChI is InChI=1S/C29H36ClN5O2/c1-4-6-15-33(16-7-5-2)29(37)27-26(30)20(3)35(32-27)25-13-12-23(31)18-24(25)28(36)34-17-14-21-10-8-9-11-22(21)19-34/h8-13,18H,4-7,14-17,19,31H2,1-3H3. The number of nitrogens with two attached hydrogens (primary N) is 1. The molecule has 2 aromatic carbocycles. The van der Waals surface area contributed by atoms with Crippen molar-refractivity contribution in [2.24, 2.45) is 0 Å². The van der Waals surface area contributed by atoms with E-state index in [0.29, 0.717) is 53.8 Å². The highest BCUT2D eigenvalue weighted by Crippen LogP contribution is 2.29. The van der Waals surface area contributed by atoms with E-state index in [0.717, 1.165) is 37.7 Å². The molecule has 0 saturated heterocycles. The topological polar surface area (TPSA) is 84.5 Å². The van der Waals surface area contributed by atoms with Crippen LogP contribution in [0, 0.1) is 6.92 Å². The van der Waals surface area contributed by atoms with Crippen molar-refractivity contribution in [3.8, 4) is 5.69 Å². The molecular formula is C29H36ClN5O2. The fourth-order valence-electron chi connectivity index (χ4n) is 4.77. The number of unbranched alkanes of at least 4 members (excludes halogenated alkanes) is 2. The molecule has 0 atom stereocenters. The molecule has 3 aromatic rings. The molecule has 0 aliphatic carbocycles. The first-order chi connectivity index (χ1) is 17.8. The molecule has 0 radical (unpaired) electrons. The van der Waals surface area contributed by atoms with Crippen LogP contribution in [0.2, 0.25) is 5.02 Å². The van der Waals surface area contributed by atoms with Gasteiger partial charge in [0.05, 0.1) is 22.0 Å². The third-order valence-corrected chi connectivity index (χ3v) is 7.45. The van der Waals surface area contributed by atoms with Gasteiger partial charge in [-0.3, -0.25) is 9.59 Å². The summed E-state index contributed by atoms with van der Waals surface area (Å²) in [6, 6.07) is 13.4. The Morgan fingerprint density at radius 2 is 1.73 bits per heavy atom. The van der Waals surface area contributed by atoms with Crippen LogP contribution in [-0.2, 0) is 13.0 Å². The van der Waals surface area contributed by atoms with Crippen molar-refractivity contribution in [2.45, 2.75) is 59.4 Å². The molecule has 0 fully saturated rings. The summed E-state index contributed by atoms with van der Waals surface area (Å²) in [5.74, 6) is -0.298. The number of nitrogens with zero attached hydrogens (tertiary/aromatic N) is 4. The van der Waals surface area contributed by atoms with E-state index < -0.39 is 0 Å². The second-order valence-corrected chi connectivity index (χ2v) is 10.1. The second kappa shape index (κ2) is 11.8. The maximum absolute atomic E-state index is 13.8. The lowest BCUT2D eigenvalue weighted by Gasteiger charge is -2.29. The molecule has 2 heterocycles. The van der Waals surface area contributed by atoms with Gasteiger partial charge in [0, 0.05) is 31.9 Å². The average Bonchev–Trinajstić information content (AvgIpc) is 3.21. The molecule has 4 rings (SSSR count). The number of hydrogen-bond donors (Lipinski definition) is 1. The molecule has 0 spiro atoms. The number of amides is 2. The van der Waals surface area contributed by atoms with Crippen LogP contribution < -0.4 is 5.73 Å². The smallest absolute Gasteiger partial charge is 0.275 e. The Bertz CT molecular complexity index is 1280. The van der Waals surface area contributed by atoms with Crippen LogP contribution in [0.4, 0.5) is 5.69 Å². The van der Waals surface area contributed by atoms with Gasteiger partial charge in [0.1, 0.15) is 0 Å². The molecule has 7 nitrogen and oxygen atoms in total. The van der Waals surface area contributed by atoms with Gasteiger partial charge >= 0.3 is 0 Å². The number of fused-ring (bicyclic) bond motifs is 1. The van der Waals surface area contributed by atoms with Gasteiger partial charge in [-0.25, -0.2) is 4.68 Å². The lowest BCUT2D eigenvalue weighted by molar-refractivity contribution is 0.0732. The number of rotatable bonds is 9. The molecule has 37 heavy (non-hydrogen) atoms. The minimum atomic E-state index is -0.176. The molecule has 0 saturated carbocycles. The van der Waals surface area contributed by atoms with Crippen LogP contribution >= 0.6 is 11.6 Å². The van der Waals surface area contributed by atoms with Crippen molar-refractivity contribution < 1.29 is 9.59 Å². The molecule has 0 bridgehead atoms. The van der Waals surface area contributed by atoms with Crippen molar-refractivity contribution in [1.29, 1.82) is 0 Å². The highest BCUT2D eigenvalue weighted by atomic mass is 35.5. The zero-order valence-corrected chi connectivity index (χ0v) is 22.7. The Hall–Kier alpha value is -3.32. The van der Waals surface area contributed by atoms with Crippen molar-refractivity contribution in [1.82, 2.24) is 19.6 Å². The summed E-state index contributed by atoms with van der Waals surface area (Å²) in [7, 11) is 0. The molecule has 1 aliphatic heterocycles. The summed E-state index contributed by atoms with van der Waals surface area (Å²) in [4.78, 5) is 30.9. The van der Waals surface area contributed by atoms with Gasteiger partial charge in [-0.15, -0.1) is 0 Å². The van der Waals surface area contributed by atoms with Gasteiger partial charge < -0.3 is 15.5 Å². The highest BCUT2D eigenvalue weighted by Gasteiger charge is 2.28. The second-order valence-electron chi connectivity index (χ2n) is 9.68. The zero-order valence-electron chi connectivity index (χ0n) is 22.0. The van der Waals surface area contributed by atoms with Gasteiger partial charge in [0.2, 0.25) is 0 Å². The minimum Gasteiger partial charge on any atom is -0.399 e. The van der Waals surface area contributed by atoms with E-state index in [9.17, 15) is 9.59 Å². The van der Waals surface area contributed by atoms with E-state index in [2.05, 4.69) is 31.1 Å². The molecule has 196 valence electrons. The van der Waals surface area contributed by atoms with Crippen molar-refractivity contribution in [2.75, 3.05) is 25.4 Å². The predicted molar refractivity (Wildman–Crippen MR) is 148 cm³/mol. The molecule has 1 aromatic heterocycles. The first-order valence-electron chi connectivity index (χ1n) is 13.2. The van der Waals surface area contributed by atoms with Crippen LogP contribution in [-0.4, -0.2) is 51.0 Å². The lowest BCUT2D eigenvalue weighted by Crippen LogP contribution is -2.36. The van der Waals surface area contributed by atoms with Crippen molar-refractivity contribution in [3.63, 3.8) is 0 Å². The van der Waals surface area contributed by atoms with Crippen LogP contribution in [0.1, 0.15) is 77.2 Å². The van der Waals surface area contributed by atoms with Crippen LogP contribution in [0.15, 0.2) is 42.5 Å². The summed E-state index contributed by atoms with van der Waals surface area (Å²) in [5.41, 5.74) is 10.9. The Morgan fingerprint density at radius 3 is 2.41 bits per heavy atom. The van der Waals surface area contributed by atoms with E-state index in [1.807, 2.05) is 28.9 Å². The highest BCUT2D eigenvalue weighted by molar-refractivity contribution is 6.34. The Balaban J connectivity index is 1.68. The number of carbonyl (C=O) groups is 2. The van der Waals surface area contributed by atoms with Crippen LogP contribution in [0.3, 0.4) is 0 Å². The van der Waals surface area contributed by atoms with Crippen LogP contribution in [0.25, 0.3) is 5.69 Å². The van der Waals surface area contributed by atoms with Crippen molar-refractivity contribution in [3.05, 3.63) is 75.6 Å². The first kappa shape index (κ1) is 26.7. The van der Waals surface area contributed by atoms with Crippen LogP contribution in [0.5, 0.6) is 0 Å². The quantitative estimate of drug-likeness (QED) is 0.368. The maximum atomic E-state index is 13.8.